The summed E-state index contributed by atoms with van der Waals surface area (Å²) in [7, 11) is -4.17. The number of nitrogens with one attached hydrogen (secondary N) is 1. The number of hydrogen-bond acceptors (Lipinski definition) is 4. The summed E-state index contributed by atoms with van der Waals surface area (Å²) in [6.45, 7) is 1.27. The SMILES string of the molecule is CSc1cccc(NC(=O)CN(c2ccccc2F)S(=O)(=O)c2ccc(C)cc2)c1. The molecule has 0 aromatic heterocycles. The van der Waals surface area contributed by atoms with E-state index in [0.29, 0.717) is 5.69 Å². The van der Waals surface area contributed by atoms with Crippen molar-refractivity contribution in [3.8, 4) is 0 Å². The summed E-state index contributed by atoms with van der Waals surface area (Å²) in [6.07, 6.45) is 1.91. The number of thioether (sulfide) groups is 1. The van der Waals surface area contributed by atoms with Crippen LogP contribution >= 0.6 is 11.8 Å². The van der Waals surface area contributed by atoms with E-state index >= 15 is 0 Å². The van der Waals surface area contributed by atoms with Gasteiger partial charge in [0.05, 0.1) is 10.6 Å². The third kappa shape index (κ3) is 5.01. The number of carbonyl (C=O) groups is 1. The number of benzene rings is 3. The molecule has 3 aromatic rings. The Morgan fingerprint density at radius 2 is 1.73 bits per heavy atom. The summed E-state index contributed by atoms with van der Waals surface area (Å²) < 4.78 is 41.8. The molecule has 0 radical (unpaired) electrons. The third-order valence-electron chi connectivity index (χ3n) is 4.37. The third-order valence-corrected chi connectivity index (χ3v) is 6.87. The fraction of sp³-hybridized carbons (Fsp3) is 0.136. The first-order valence-electron chi connectivity index (χ1n) is 9.09. The molecule has 0 saturated carbocycles. The smallest absolute Gasteiger partial charge is 0.264 e. The second-order valence-corrected chi connectivity index (χ2v) is 9.30. The van der Waals surface area contributed by atoms with Gasteiger partial charge in [-0.05, 0) is 55.6 Å². The first-order valence-corrected chi connectivity index (χ1v) is 11.8. The minimum atomic E-state index is -4.17. The van der Waals surface area contributed by atoms with Crippen LogP contribution in [0.2, 0.25) is 0 Å². The van der Waals surface area contributed by atoms with Gasteiger partial charge in [0, 0.05) is 10.6 Å². The van der Waals surface area contributed by atoms with Crippen LogP contribution in [0.3, 0.4) is 0 Å². The van der Waals surface area contributed by atoms with E-state index in [1.54, 1.807) is 30.3 Å². The van der Waals surface area contributed by atoms with Crippen molar-refractivity contribution < 1.29 is 17.6 Å². The highest BCUT2D eigenvalue weighted by atomic mass is 32.2. The number of sulfonamides is 1. The molecule has 3 aromatic carbocycles. The van der Waals surface area contributed by atoms with Crippen LogP contribution < -0.4 is 9.62 Å². The van der Waals surface area contributed by atoms with Gasteiger partial charge in [-0.3, -0.25) is 9.10 Å². The minimum Gasteiger partial charge on any atom is -0.324 e. The topological polar surface area (TPSA) is 66.5 Å². The van der Waals surface area contributed by atoms with Crippen LogP contribution in [0.5, 0.6) is 0 Å². The molecule has 30 heavy (non-hydrogen) atoms. The Morgan fingerprint density at radius 1 is 1.03 bits per heavy atom. The average Bonchev–Trinajstić information content (AvgIpc) is 2.73. The fourth-order valence-corrected chi connectivity index (χ4v) is 4.71. The molecule has 0 spiro atoms. The molecule has 0 aliphatic rings. The van der Waals surface area contributed by atoms with Crippen molar-refractivity contribution in [3.05, 3.63) is 84.2 Å². The number of aryl methyl sites for hydroxylation is 1. The number of hydrogen-bond donors (Lipinski definition) is 1. The lowest BCUT2D eigenvalue weighted by molar-refractivity contribution is -0.114. The van der Waals surface area contributed by atoms with Gasteiger partial charge in [0.15, 0.2) is 0 Å². The van der Waals surface area contributed by atoms with Crippen LogP contribution in [0, 0.1) is 12.7 Å². The van der Waals surface area contributed by atoms with E-state index < -0.39 is 28.3 Å². The standard InChI is InChI=1S/C22H21FN2O3S2/c1-16-10-12-19(13-11-16)30(27,28)25(21-9-4-3-8-20(21)23)15-22(26)24-17-6-5-7-18(14-17)29-2/h3-14H,15H2,1-2H3,(H,24,26). The van der Waals surface area contributed by atoms with Gasteiger partial charge in [-0.25, -0.2) is 12.8 Å². The molecule has 0 unspecified atom stereocenters. The second kappa shape index (κ2) is 9.32. The van der Waals surface area contributed by atoms with Crippen molar-refractivity contribution in [1.82, 2.24) is 0 Å². The lowest BCUT2D eigenvalue weighted by atomic mass is 10.2. The Bertz CT molecular complexity index is 1150. The van der Waals surface area contributed by atoms with Gasteiger partial charge in [0.2, 0.25) is 5.91 Å². The van der Waals surface area contributed by atoms with E-state index in [-0.39, 0.29) is 10.6 Å². The quantitative estimate of drug-likeness (QED) is 0.537. The van der Waals surface area contributed by atoms with Crippen LogP contribution in [0.1, 0.15) is 5.56 Å². The highest BCUT2D eigenvalue weighted by Gasteiger charge is 2.29. The zero-order valence-electron chi connectivity index (χ0n) is 16.5. The van der Waals surface area contributed by atoms with Crippen molar-refractivity contribution in [1.29, 1.82) is 0 Å². The average molecular weight is 445 g/mol. The largest absolute Gasteiger partial charge is 0.324 e. The van der Waals surface area contributed by atoms with Crippen molar-refractivity contribution in [2.75, 3.05) is 22.4 Å². The van der Waals surface area contributed by atoms with Crippen molar-refractivity contribution >= 4 is 39.1 Å². The van der Waals surface area contributed by atoms with Gasteiger partial charge >= 0.3 is 0 Å². The summed E-state index contributed by atoms with van der Waals surface area (Å²) in [5, 5.41) is 2.69. The van der Waals surface area contributed by atoms with E-state index in [2.05, 4.69) is 5.32 Å². The van der Waals surface area contributed by atoms with Crippen LogP contribution in [0.4, 0.5) is 15.8 Å². The molecule has 0 saturated heterocycles. The van der Waals surface area contributed by atoms with E-state index in [0.717, 1.165) is 20.8 Å². The first kappa shape index (κ1) is 21.9. The maximum Gasteiger partial charge on any atom is 0.264 e. The van der Waals surface area contributed by atoms with Crippen molar-refractivity contribution in [2.24, 2.45) is 0 Å². The van der Waals surface area contributed by atoms with Gasteiger partial charge in [-0.15, -0.1) is 11.8 Å². The molecule has 0 aliphatic heterocycles. The zero-order chi connectivity index (χ0) is 21.7. The normalized spacial score (nSPS) is 11.2. The monoisotopic (exact) mass is 444 g/mol. The molecular weight excluding hydrogens is 423 g/mol. The molecule has 0 aliphatic carbocycles. The Hall–Kier alpha value is -2.84. The molecule has 1 amide bonds. The second-order valence-electron chi connectivity index (χ2n) is 6.56. The van der Waals surface area contributed by atoms with Crippen molar-refractivity contribution in [2.45, 2.75) is 16.7 Å². The fourth-order valence-electron chi connectivity index (χ4n) is 2.82. The molecule has 0 heterocycles. The Kier molecular flexibility index (Phi) is 6.79. The predicted molar refractivity (Wildman–Crippen MR) is 119 cm³/mol. The molecule has 3 rings (SSSR count). The van der Waals surface area contributed by atoms with E-state index in [4.69, 9.17) is 0 Å². The highest BCUT2D eigenvalue weighted by molar-refractivity contribution is 7.98. The van der Waals surface area contributed by atoms with Crippen LogP contribution in [0.15, 0.2) is 82.6 Å². The molecule has 0 fully saturated rings. The number of nitrogens with zero attached hydrogens (tertiary/aromatic N) is 1. The maximum atomic E-state index is 14.5. The summed E-state index contributed by atoms with van der Waals surface area (Å²) in [6, 6.07) is 18.9. The van der Waals surface area contributed by atoms with Crippen molar-refractivity contribution in [3.63, 3.8) is 0 Å². The predicted octanol–water partition coefficient (Wildman–Crippen LogP) is 4.69. The van der Waals surface area contributed by atoms with Crippen LogP contribution in [-0.4, -0.2) is 27.1 Å². The van der Waals surface area contributed by atoms with Gasteiger partial charge in [-0.2, -0.15) is 0 Å². The van der Waals surface area contributed by atoms with Gasteiger partial charge in [0.25, 0.3) is 10.0 Å². The number of halogens is 1. The molecular formula is C22H21FN2O3S2. The molecule has 1 N–H and O–H groups in total. The highest BCUT2D eigenvalue weighted by Crippen LogP contribution is 2.27. The van der Waals surface area contributed by atoms with E-state index in [1.165, 1.54) is 42.1 Å². The first-order chi connectivity index (χ1) is 14.3. The van der Waals surface area contributed by atoms with Crippen LogP contribution in [0.25, 0.3) is 0 Å². The molecule has 156 valence electrons. The Balaban J connectivity index is 1.95. The minimum absolute atomic E-state index is 0.0199. The lowest BCUT2D eigenvalue weighted by Crippen LogP contribution is -2.38. The van der Waals surface area contributed by atoms with Gasteiger partial charge in [0.1, 0.15) is 12.4 Å². The van der Waals surface area contributed by atoms with E-state index in [1.807, 2.05) is 19.2 Å². The molecule has 0 atom stereocenters. The Morgan fingerprint density at radius 3 is 2.40 bits per heavy atom. The summed E-state index contributed by atoms with van der Waals surface area (Å²) in [5.74, 6) is -1.31. The number of anilines is 2. The number of amides is 1. The van der Waals surface area contributed by atoms with Gasteiger partial charge in [-0.1, -0.05) is 35.9 Å². The number of rotatable bonds is 7. The lowest BCUT2D eigenvalue weighted by Gasteiger charge is -2.24. The number of para-hydroxylation sites is 1. The molecule has 8 heteroatoms. The zero-order valence-corrected chi connectivity index (χ0v) is 18.1. The Labute approximate surface area is 180 Å². The number of carbonyl (C=O) groups excluding carboxylic acids is 1. The summed E-state index contributed by atoms with van der Waals surface area (Å²) in [5.41, 5.74) is 1.23. The van der Waals surface area contributed by atoms with E-state index in [9.17, 15) is 17.6 Å². The molecule has 5 nitrogen and oxygen atoms in total. The maximum absolute atomic E-state index is 14.5. The van der Waals surface area contributed by atoms with Gasteiger partial charge < -0.3 is 5.32 Å². The summed E-state index contributed by atoms with van der Waals surface area (Å²) in [4.78, 5) is 13.6. The van der Waals surface area contributed by atoms with Crippen LogP contribution in [-0.2, 0) is 14.8 Å². The molecule has 0 bridgehead atoms. The summed E-state index contributed by atoms with van der Waals surface area (Å²) >= 11 is 1.52.